The van der Waals surface area contributed by atoms with Crippen molar-refractivity contribution in [2.45, 2.75) is 19.4 Å². The Labute approximate surface area is 56.8 Å². The third kappa shape index (κ3) is 2.33. The summed E-state index contributed by atoms with van der Waals surface area (Å²) in [6.45, 7) is 5.68. The molecule has 54 valence electrons. The summed E-state index contributed by atoms with van der Waals surface area (Å²) in [7, 11) is 1.76. The summed E-state index contributed by atoms with van der Waals surface area (Å²) < 4.78 is 4.93. The summed E-state index contributed by atoms with van der Waals surface area (Å²) in [5.41, 5.74) is 0. The standard InChI is InChI=1S/C7H15NO/c1-7-6-8(7)4-3-5-9-2/h7H,3-6H2,1-2H3/t7?,8-/m1/s1. The molecule has 2 atom stereocenters. The first-order chi connectivity index (χ1) is 4.34. The molecule has 9 heavy (non-hydrogen) atoms. The molecule has 1 unspecified atom stereocenters. The summed E-state index contributed by atoms with van der Waals surface area (Å²) in [5, 5.41) is 0. The minimum absolute atomic E-state index is 0.849. The second-order valence-corrected chi connectivity index (χ2v) is 2.69. The molecule has 1 heterocycles. The average molecular weight is 129 g/mol. The van der Waals surface area contributed by atoms with E-state index in [0.717, 1.165) is 12.6 Å². The van der Waals surface area contributed by atoms with Crippen molar-refractivity contribution in [3.63, 3.8) is 0 Å². The molecular weight excluding hydrogens is 114 g/mol. The van der Waals surface area contributed by atoms with Gasteiger partial charge in [-0.15, -0.1) is 0 Å². The maximum atomic E-state index is 4.93. The van der Waals surface area contributed by atoms with Gasteiger partial charge in [0.15, 0.2) is 0 Å². The average Bonchev–Trinajstić information content (AvgIpc) is 2.48. The molecule has 0 amide bonds. The highest BCUT2D eigenvalue weighted by Gasteiger charge is 2.27. The summed E-state index contributed by atoms with van der Waals surface area (Å²) in [6, 6.07) is 0.849. The van der Waals surface area contributed by atoms with Crippen molar-refractivity contribution >= 4 is 0 Å². The van der Waals surface area contributed by atoms with Gasteiger partial charge in [-0.25, -0.2) is 0 Å². The van der Waals surface area contributed by atoms with Gasteiger partial charge < -0.3 is 4.74 Å². The highest BCUT2D eigenvalue weighted by atomic mass is 16.5. The molecule has 0 spiro atoms. The molecule has 0 aromatic rings. The highest BCUT2D eigenvalue weighted by molar-refractivity contribution is 4.83. The molecule has 2 heteroatoms. The van der Waals surface area contributed by atoms with Gasteiger partial charge in [0.25, 0.3) is 0 Å². The van der Waals surface area contributed by atoms with Crippen LogP contribution in [0.1, 0.15) is 13.3 Å². The molecule has 1 aliphatic rings. The molecule has 0 aromatic carbocycles. The SMILES string of the molecule is COCCC[N@]1CC1C. The maximum absolute atomic E-state index is 4.93. The first-order valence-corrected chi connectivity index (χ1v) is 3.57. The predicted octanol–water partition coefficient (Wildman–Crippen LogP) is 0.727. The fourth-order valence-electron chi connectivity index (χ4n) is 1.02. The van der Waals surface area contributed by atoms with Crippen molar-refractivity contribution in [2.75, 3.05) is 26.8 Å². The summed E-state index contributed by atoms with van der Waals surface area (Å²) >= 11 is 0. The topological polar surface area (TPSA) is 12.2 Å². The van der Waals surface area contributed by atoms with E-state index in [9.17, 15) is 0 Å². The fourth-order valence-corrected chi connectivity index (χ4v) is 1.02. The van der Waals surface area contributed by atoms with Crippen LogP contribution in [0.5, 0.6) is 0 Å². The fraction of sp³-hybridized carbons (Fsp3) is 1.00. The number of hydrogen-bond acceptors (Lipinski definition) is 2. The first-order valence-electron chi connectivity index (χ1n) is 3.57. The maximum Gasteiger partial charge on any atom is 0.0474 e. The third-order valence-electron chi connectivity index (χ3n) is 1.78. The summed E-state index contributed by atoms with van der Waals surface area (Å²) in [6.07, 6.45) is 1.18. The first kappa shape index (κ1) is 7.03. The van der Waals surface area contributed by atoms with Gasteiger partial charge in [-0.2, -0.15) is 0 Å². The Morgan fingerprint density at radius 1 is 1.67 bits per heavy atom. The normalized spacial score (nSPS) is 32.7. The zero-order valence-corrected chi connectivity index (χ0v) is 6.26. The van der Waals surface area contributed by atoms with Gasteiger partial charge in [-0.1, -0.05) is 0 Å². The number of hydrogen-bond donors (Lipinski definition) is 0. The van der Waals surface area contributed by atoms with Crippen LogP contribution < -0.4 is 0 Å². The lowest BCUT2D eigenvalue weighted by molar-refractivity contribution is 0.189. The van der Waals surface area contributed by atoms with Gasteiger partial charge >= 0.3 is 0 Å². The molecule has 0 aliphatic carbocycles. The zero-order valence-electron chi connectivity index (χ0n) is 6.26. The van der Waals surface area contributed by atoms with Crippen LogP contribution in [0.3, 0.4) is 0 Å². The lowest BCUT2D eigenvalue weighted by Crippen LogP contribution is -2.04. The number of methoxy groups -OCH3 is 1. The molecule has 1 saturated heterocycles. The van der Waals surface area contributed by atoms with Crippen molar-refractivity contribution < 1.29 is 4.74 Å². The van der Waals surface area contributed by atoms with E-state index in [1.807, 2.05) is 0 Å². The minimum atomic E-state index is 0.849. The van der Waals surface area contributed by atoms with Crippen molar-refractivity contribution in [2.24, 2.45) is 0 Å². The van der Waals surface area contributed by atoms with Gasteiger partial charge in [0, 0.05) is 32.8 Å². The van der Waals surface area contributed by atoms with Crippen LogP contribution in [-0.2, 0) is 4.74 Å². The van der Waals surface area contributed by atoms with Crippen LogP contribution in [-0.4, -0.2) is 37.7 Å². The molecule has 0 bridgehead atoms. The van der Waals surface area contributed by atoms with Crippen LogP contribution in [0.2, 0.25) is 0 Å². The molecule has 0 N–H and O–H groups in total. The second kappa shape index (κ2) is 3.18. The summed E-state index contributed by atoms with van der Waals surface area (Å²) in [4.78, 5) is 2.44. The van der Waals surface area contributed by atoms with Crippen molar-refractivity contribution in [1.29, 1.82) is 0 Å². The van der Waals surface area contributed by atoms with Crippen molar-refractivity contribution in [3.05, 3.63) is 0 Å². The Hall–Kier alpha value is -0.0800. The smallest absolute Gasteiger partial charge is 0.0474 e. The zero-order chi connectivity index (χ0) is 6.69. The van der Waals surface area contributed by atoms with Crippen LogP contribution in [0.4, 0.5) is 0 Å². The van der Waals surface area contributed by atoms with Gasteiger partial charge in [0.2, 0.25) is 0 Å². The van der Waals surface area contributed by atoms with Gasteiger partial charge in [0.1, 0.15) is 0 Å². The molecule has 1 aliphatic heterocycles. The quantitative estimate of drug-likeness (QED) is 0.410. The van der Waals surface area contributed by atoms with E-state index in [-0.39, 0.29) is 0 Å². The van der Waals surface area contributed by atoms with Crippen LogP contribution in [0, 0.1) is 0 Å². The van der Waals surface area contributed by atoms with Crippen molar-refractivity contribution in [1.82, 2.24) is 4.90 Å². The minimum Gasteiger partial charge on any atom is -0.385 e. The number of ether oxygens (including phenoxy) is 1. The van der Waals surface area contributed by atoms with Crippen LogP contribution in [0.15, 0.2) is 0 Å². The van der Waals surface area contributed by atoms with Gasteiger partial charge in [-0.3, -0.25) is 4.90 Å². The highest BCUT2D eigenvalue weighted by Crippen LogP contribution is 2.15. The monoisotopic (exact) mass is 129 g/mol. The molecule has 1 fully saturated rings. The lowest BCUT2D eigenvalue weighted by Gasteiger charge is -1.99. The Kier molecular flexibility index (Phi) is 2.49. The Morgan fingerprint density at radius 3 is 2.78 bits per heavy atom. The van der Waals surface area contributed by atoms with Gasteiger partial charge in [0.05, 0.1) is 0 Å². The van der Waals surface area contributed by atoms with E-state index in [4.69, 9.17) is 4.74 Å². The van der Waals surface area contributed by atoms with E-state index in [0.29, 0.717) is 0 Å². The lowest BCUT2D eigenvalue weighted by atomic mass is 10.4. The molecular formula is C7H15NO. The predicted molar refractivity (Wildman–Crippen MR) is 37.5 cm³/mol. The molecule has 0 saturated carbocycles. The number of nitrogens with zero attached hydrogens (tertiary/aromatic N) is 1. The summed E-state index contributed by atoms with van der Waals surface area (Å²) in [5.74, 6) is 0. The van der Waals surface area contributed by atoms with E-state index < -0.39 is 0 Å². The Bertz CT molecular complexity index is 85.0. The van der Waals surface area contributed by atoms with Crippen LogP contribution >= 0.6 is 0 Å². The Balaban J connectivity index is 1.83. The third-order valence-corrected chi connectivity index (χ3v) is 1.78. The molecule has 0 aromatic heterocycles. The number of rotatable bonds is 4. The van der Waals surface area contributed by atoms with E-state index in [1.165, 1.54) is 19.5 Å². The second-order valence-electron chi connectivity index (χ2n) is 2.69. The Morgan fingerprint density at radius 2 is 2.33 bits per heavy atom. The molecule has 2 nitrogen and oxygen atoms in total. The molecule has 0 radical (unpaired) electrons. The van der Waals surface area contributed by atoms with E-state index >= 15 is 0 Å². The van der Waals surface area contributed by atoms with Crippen molar-refractivity contribution in [3.8, 4) is 0 Å². The largest absolute Gasteiger partial charge is 0.385 e. The van der Waals surface area contributed by atoms with Gasteiger partial charge in [-0.05, 0) is 13.3 Å². The van der Waals surface area contributed by atoms with Crippen LogP contribution in [0.25, 0.3) is 0 Å². The van der Waals surface area contributed by atoms with E-state index in [1.54, 1.807) is 7.11 Å². The van der Waals surface area contributed by atoms with E-state index in [2.05, 4.69) is 11.8 Å². The molecule has 1 rings (SSSR count).